The highest BCUT2D eigenvalue weighted by Crippen LogP contribution is 2.23. The molecule has 1 aromatic rings. The number of rotatable bonds is 13. The molecule has 5 nitrogen and oxygen atoms in total. The van der Waals surface area contributed by atoms with Crippen molar-refractivity contribution in [2.75, 3.05) is 6.61 Å². The predicted molar refractivity (Wildman–Crippen MR) is 91.4 cm³/mol. The zero-order valence-electron chi connectivity index (χ0n) is 14.9. The van der Waals surface area contributed by atoms with Crippen molar-refractivity contribution >= 4 is 11.9 Å². The summed E-state index contributed by atoms with van der Waals surface area (Å²) in [5, 5.41) is 0. The van der Waals surface area contributed by atoms with E-state index >= 15 is 0 Å². The maximum atomic E-state index is 12.0. The first kappa shape index (κ1) is 20.3. The van der Waals surface area contributed by atoms with Crippen molar-refractivity contribution in [2.24, 2.45) is 0 Å². The standard InChI is InChI=1S/C19H30O5/c1-3-5-6-7-8-9-10-11-18(20)24-17(14-19(21)23-4-2)16-12-13-22-15-16/h12-13,15,17H,3-11,14H2,1-2H3/t17-/m1/s1. The predicted octanol–water partition coefficient (Wildman–Crippen LogP) is 4.96. The quantitative estimate of drug-likeness (QED) is 0.376. The van der Waals surface area contributed by atoms with Gasteiger partial charge in [0.25, 0.3) is 0 Å². The number of hydrogen-bond donors (Lipinski definition) is 0. The zero-order chi connectivity index (χ0) is 17.6. The van der Waals surface area contributed by atoms with Crippen LogP contribution in [0.15, 0.2) is 23.0 Å². The molecule has 0 spiro atoms. The van der Waals surface area contributed by atoms with Crippen LogP contribution in [0.4, 0.5) is 0 Å². The van der Waals surface area contributed by atoms with Crippen molar-refractivity contribution in [3.05, 3.63) is 24.2 Å². The first-order valence-electron chi connectivity index (χ1n) is 9.04. The van der Waals surface area contributed by atoms with Gasteiger partial charge in [0.05, 0.1) is 25.6 Å². The Kier molecular flexibility index (Phi) is 10.7. The number of unbranched alkanes of at least 4 members (excludes halogenated alkanes) is 6. The molecule has 136 valence electrons. The number of furan rings is 1. The molecular formula is C19H30O5. The number of carbonyl (C=O) groups is 2. The number of hydrogen-bond acceptors (Lipinski definition) is 5. The van der Waals surface area contributed by atoms with Crippen LogP contribution in [-0.4, -0.2) is 18.5 Å². The Hall–Kier alpha value is -1.78. The second-order valence-electron chi connectivity index (χ2n) is 5.92. The Balaban J connectivity index is 2.32. The van der Waals surface area contributed by atoms with Crippen molar-refractivity contribution in [2.45, 2.75) is 77.7 Å². The van der Waals surface area contributed by atoms with Gasteiger partial charge in [0.15, 0.2) is 0 Å². The van der Waals surface area contributed by atoms with Crippen LogP contribution in [0.2, 0.25) is 0 Å². The molecule has 0 N–H and O–H groups in total. The highest BCUT2D eigenvalue weighted by atomic mass is 16.6. The minimum atomic E-state index is -0.639. The molecule has 0 saturated heterocycles. The molecule has 0 radical (unpaired) electrons. The lowest BCUT2D eigenvalue weighted by atomic mass is 10.1. The van der Waals surface area contributed by atoms with Gasteiger partial charge in [0, 0.05) is 12.0 Å². The van der Waals surface area contributed by atoms with Crippen molar-refractivity contribution < 1.29 is 23.5 Å². The van der Waals surface area contributed by atoms with Crippen LogP contribution in [0.25, 0.3) is 0 Å². The average Bonchev–Trinajstić information content (AvgIpc) is 3.08. The fraction of sp³-hybridized carbons (Fsp3) is 0.684. The lowest BCUT2D eigenvalue weighted by Crippen LogP contribution is -2.16. The van der Waals surface area contributed by atoms with Gasteiger partial charge < -0.3 is 13.9 Å². The smallest absolute Gasteiger partial charge is 0.309 e. The number of ether oxygens (including phenoxy) is 2. The molecule has 1 aromatic heterocycles. The SMILES string of the molecule is CCCCCCCCCC(=O)O[C@H](CC(=O)OCC)c1ccoc1. The van der Waals surface area contributed by atoms with Gasteiger partial charge in [-0.3, -0.25) is 9.59 Å². The Morgan fingerprint density at radius 2 is 1.75 bits per heavy atom. The molecule has 0 aliphatic heterocycles. The molecule has 0 aliphatic rings. The van der Waals surface area contributed by atoms with E-state index in [0.717, 1.165) is 19.3 Å². The maximum absolute atomic E-state index is 12.0. The van der Waals surface area contributed by atoms with Crippen molar-refractivity contribution in [3.63, 3.8) is 0 Å². The van der Waals surface area contributed by atoms with Crippen molar-refractivity contribution in [1.82, 2.24) is 0 Å². The number of esters is 2. The first-order chi connectivity index (χ1) is 11.7. The normalized spacial score (nSPS) is 11.9. The Morgan fingerprint density at radius 1 is 1.04 bits per heavy atom. The summed E-state index contributed by atoms with van der Waals surface area (Å²) in [6.45, 7) is 4.25. The third-order valence-electron chi connectivity index (χ3n) is 3.83. The molecule has 24 heavy (non-hydrogen) atoms. The fourth-order valence-corrected chi connectivity index (χ4v) is 2.50. The molecule has 0 aromatic carbocycles. The molecule has 0 aliphatic carbocycles. The van der Waals surface area contributed by atoms with Crippen LogP contribution >= 0.6 is 0 Å². The number of carbonyl (C=O) groups excluding carboxylic acids is 2. The minimum absolute atomic E-state index is 0.0101. The second kappa shape index (κ2) is 12.6. The highest BCUT2D eigenvalue weighted by molar-refractivity contribution is 5.73. The third-order valence-corrected chi connectivity index (χ3v) is 3.83. The van der Waals surface area contributed by atoms with Gasteiger partial charge in [0.1, 0.15) is 6.10 Å². The van der Waals surface area contributed by atoms with Gasteiger partial charge in [-0.1, -0.05) is 45.4 Å². The van der Waals surface area contributed by atoms with Gasteiger partial charge in [-0.25, -0.2) is 0 Å². The van der Waals surface area contributed by atoms with Gasteiger partial charge >= 0.3 is 11.9 Å². The lowest BCUT2D eigenvalue weighted by molar-refractivity contribution is -0.155. The van der Waals surface area contributed by atoms with E-state index in [-0.39, 0.29) is 18.4 Å². The van der Waals surface area contributed by atoms with E-state index in [1.165, 1.54) is 38.2 Å². The maximum Gasteiger partial charge on any atom is 0.309 e. The summed E-state index contributed by atoms with van der Waals surface area (Å²) >= 11 is 0. The molecule has 0 amide bonds. The summed E-state index contributed by atoms with van der Waals surface area (Å²) in [6, 6.07) is 1.70. The minimum Gasteiger partial charge on any atom is -0.472 e. The molecule has 0 unspecified atom stereocenters. The highest BCUT2D eigenvalue weighted by Gasteiger charge is 2.22. The molecule has 0 saturated carbocycles. The van der Waals surface area contributed by atoms with Gasteiger partial charge in [-0.2, -0.15) is 0 Å². The third kappa shape index (κ3) is 8.75. The van der Waals surface area contributed by atoms with Gasteiger partial charge in [-0.05, 0) is 19.4 Å². The molecule has 1 atom stereocenters. The first-order valence-corrected chi connectivity index (χ1v) is 9.04. The van der Waals surface area contributed by atoms with E-state index in [9.17, 15) is 9.59 Å². The molecular weight excluding hydrogens is 308 g/mol. The van der Waals surface area contributed by atoms with Crippen LogP contribution < -0.4 is 0 Å². The molecule has 0 bridgehead atoms. The average molecular weight is 338 g/mol. The lowest BCUT2D eigenvalue weighted by Gasteiger charge is -2.16. The summed E-state index contributed by atoms with van der Waals surface area (Å²) in [5.41, 5.74) is 0.677. The van der Waals surface area contributed by atoms with E-state index in [0.29, 0.717) is 18.6 Å². The Labute approximate surface area is 144 Å². The van der Waals surface area contributed by atoms with E-state index in [1.807, 2.05) is 0 Å². The Morgan fingerprint density at radius 3 is 2.38 bits per heavy atom. The summed E-state index contributed by atoms with van der Waals surface area (Å²) in [6.07, 6.45) is 10.8. The van der Waals surface area contributed by atoms with E-state index < -0.39 is 6.10 Å². The van der Waals surface area contributed by atoms with Crippen LogP contribution in [0.3, 0.4) is 0 Å². The van der Waals surface area contributed by atoms with E-state index in [2.05, 4.69) is 6.92 Å². The topological polar surface area (TPSA) is 65.7 Å². The fourth-order valence-electron chi connectivity index (χ4n) is 2.50. The molecule has 1 heterocycles. The summed E-state index contributed by atoms with van der Waals surface area (Å²) in [4.78, 5) is 23.7. The van der Waals surface area contributed by atoms with Crippen LogP contribution in [0.5, 0.6) is 0 Å². The molecule has 0 fully saturated rings. The summed E-state index contributed by atoms with van der Waals surface area (Å²) in [5.74, 6) is -0.661. The largest absolute Gasteiger partial charge is 0.472 e. The van der Waals surface area contributed by atoms with Crippen LogP contribution in [0, 0.1) is 0 Å². The van der Waals surface area contributed by atoms with Gasteiger partial charge in [-0.15, -0.1) is 0 Å². The monoisotopic (exact) mass is 338 g/mol. The van der Waals surface area contributed by atoms with E-state index in [4.69, 9.17) is 13.9 Å². The summed E-state index contributed by atoms with van der Waals surface area (Å²) in [7, 11) is 0. The van der Waals surface area contributed by atoms with Crippen molar-refractivity contribution in [3.8, 4) is 0 Å². The van der Waals surface area contributed by atoms with E-state index in [1.54, 1.807) is 13.0 Å². The zero-order valence-corrected chi connectivity index (χ0v) is 14.9. The Bertz CT molecular complexity index is 452. The summed E-state index contributed by atoms with van der Waals surface area (Å²) < 4.78 is 15.4. The van der Waals surface area contributed by atoms with Crippen molar-refractivity contribution in [1.29, 1.82) is 0 Å². The van der Waals surface area contributed by atoms with Gasteiger partial charge in [0.2, 0.25) is 0 Å². The molecule has 5 heteroatoms. The van der Waals surface area contributed by atoms with Crippen LogP contribution in [-0.2, 0) is 19.1 Å². The molecule has 1 rings (SSSR count). The second-order valence-corrected chi connectivity index (χ2v) is 5.92. The van der Waals surface area contributed by atoms with Crippen LogP contribution in [0.1, 0.15) is 83.3 Å².